The molecule has 0 saturated heterocycles. The molecule has 0 bridgehead atoms. The number of benzene rings is 1. The van der Waals surface area contributed by atoms with E-state index in [-0.39, 0.29) is 5.91 Å². The number of carbonyl (C=O) groups is 1. The number of carbonyl (C=O) groups excluding carboxylic acids is 1. The van der Waals surface area contributed by atoms with Crippen LogP contribution in [0.5, 0.6) is 0 Å². The summed E-state index contributed by atoms with van der Waals surface area (Å²) >= 11 is 0. The van der Waals surface area contributed by atoms with Crippen LogP contribution in [0.15, 0.2) is 24.3 Å². The highest BCUT2D eigenvalue weighted by Gasteiger charge is 2.33. The fraction of sp³-hybridized carbons (Fsp3) is 0.562. The van der Waals surface area contributed by atoms with E-state index in [1.807, 2.05) is 45.0 Å². The summed E-state index contributed by atoms with van der Waals surface area (Å²) < 4.78 is 0. The predicted molar refractivity (Wildman–Crippen MR) is 78.1 cm³/mol. The third-order valence-electron chi connectivity index (χ3n) is 3.28. The largest absolute Gasteiger partial charge is 0.389 e. The second kappa shape index (κ2) is 5.33. The van der Waals surface area contributed by atoms with Gasteiger partial charge in [-0.3, -0.25) is 4.79 Å². The minimum Gasteiger partial charge on any atom is -0.389 e. The number of amides is 1. The SMILES string of the molecule is Cc1ccc(C(C)(C)C(=O)N(C)CC(C)(C)O)cc1. The van der Waals surface area contributed by atoms with Crippen LogP contribution < -0.4 is 0 Å². The highest BCUT2D eigenvalue weighted by Crippen LogP contribution is 2.26. The first-order valence-corrected chi connectivity index (χ1v) is 6.59. The minimum atomic E-state index is -0.881. The number of aryl methyl sites for hydroxylation is 1. The summed E-state index contributed by atoms with van der Waals surface area (Å²) in [6, 6.07) is 8.01. The summed E-state index contributed by atoms with van der Waals surface area (Å²) in [6.07, 6.45) is 0. The summed E-state index contributed by atoms with van der Waals surface area (Å²) in [4.78, 5) is 14.1. The monoisotopic (exact) mass is 263 g/mol. The highest BCUT2D eigenvalue weighted by molar-refractivity contribution is 5.87. The Kier molecular flexibility index (Phi) is 4.41. The van der Waals surface area contributed by atoms with Gasteiger partial charge in [0.25, 0.3) is 0 Å². The zero-order valence-corrected chi connectivity index (χ0v) is 12.8. The minimum absolute atomic E-state index is 0.0125. The zero-order valence-electron chi connectivity index (χ0n) is 12.8. The molecule has 1 amide bonds. The molecule has 1 N–H and O–H groups in total. The van der Waals surface area contributed by atoms with Crippen LogP contribution in [-0.4, -0.2) is 35.1 Å². The first-order chi connectivity index (χ1) is 8.54. The molecule has 0 radical (unpaired) electrons. The number of nitrogens with zero attached hydrogens (tertiary/aromatic N) is 1. The lowest BCUT2D eigenvalue weighted by molar-refractivity contribution is -0.137. The van der Waals surface area contributed by atoms with Crippen molar-refractivity contribution in [3.05, 3.63) is 35.4 Å². The molecular formula is C16H25NO2. The van der Waals surface area contributed by atoms with E-state index in [0.717, 1.165) is 5.56 Å². The summed E-state index contributed by atoms with van der Waals surface area (Å²) in [5.74, 6) is 0.0125. The van der Waals surface area contributed by atoms with Crippen LogP contribution in [0.2, 0.25) is 0 Å². The van der Waals surface area contributed by atoms with Crippen molar-refractivity contribution < 1.29 is 9.90 Å². The zero-order chi connectivity index (χ0) is 14.8. The molecule has 0 unspecified atom stereocenters. The van der Waals surface area contributed by atoms with Crippen LogP contribution in [0.1, 0.15) is 38.8 Å². The van der Waals surface area contributed by atoms with Crippen LogP contribution in [0.4, 0.5) is 0 Å². The fourth-order valence-corrected chi connectivity index (χ4v) is 2.22. The molecule has 0 atom stereocenters. The third kappa shape index (κ3) is 4.06. The third-order valence-corrected chi connectivity index (χ3v) is 3.28. The summed E-state index contributed by atoms with van der Waals surface area (Å²) in [7, 11) is 1.73. The molecule has 19 heavy (non-hydrogen) atoms. The van der Waals surface area contributed by atoms with Gasteiger partial charge in [-0.25, -0.2) is 0 Å². The molecule has 0 aliphatic heterocycles. The van der Waals surface area contributed by atoms with Crippen molar-refractivity contribution in [1.82, 2.24) is 4.90 Å². The van der Waals surface area contributed by atoms with Gasteiger partial charge in [-0.2, -0.15) is 0 Å². The van der Waals surface area contributed by atoms with Gasteiger partial charge in [-0.05, 0) is 40.2 Å². The van der Waals surface area contributed by atoms with Crippen LogP contribution in [0.3, 0.4) is 0 Å². The molecule has 0 heterocycles. The molecule has 0 aliphatic rings. The Bertz CT molecular complexity index is 441. The van der Waals surface area contributed by atoms with Gasteiger partial charge >= 0.3 is 0 Å². The summed E-state index contributed by atoms with van der Waals surface area (Å²) in [5.41, 5.74) is 0.698. The van der Waals surface area contributed by atoms with E-state index in [9.17, 15) is 9.90 Å². The van der Waals surface area contributed by atoms with Crippen molar-refractivity contribution in [2.75, 3.05) is 13.6 Å². The predicted octanol–water partition coefficient (Wildman–Crippen LogP) is 2.50. The average molecular weight is 263 g/mol. The van der Waals surface area contributed by atoms with E-state index in [0.29, 0.717) is 6.54 Å². The molecule has 0 saturated carbocycles. The fourth-order valence-electron chi connectivity index (χ4n) is 2.22. The molecule has 1 rings (SSSR count). The molecule has 1 aromatic rings. The number of rotatable bonds is 4. The first-order valence-electron chi connectivity index (χ1n) is 6.59. The first kappa shape index (κ1) is 15.7. The lowest BCUT2D eigenvalue weighted by Gasteiger charge is -2.33. The Morgan fingerprint density at radius 2 is 1.63 bits per heavy atom. The van der Waals surface area contributed by atoms with Gasteiger partial charge in [0.05, 0.1) is 11.0 Å². The smallest absolute Gasteiger partial charge is 0.232 e. The number of likely N-dealkylation sites (N-methyl/N-ethyl adjacent to an activating group) is 1. The van der Waals surface area contributed by atoms with Gasteiger partial charge in [0, 0.05) is 13.6 Å². The van der Waals surface area contributed by atoms with Crippen LogP contribution in [-0.2, 0) is 10.2 Å². The molecular weight excluding hydrogens is 238 g/mol. The Morgan fingerprint density at radius 1 is 1.16 bits per heavy atom. The standard InChI is InChI=1S/C16H25NO2/c1-12-7-9-13(10-8-12)16(4,5)14(18)17(6)11-15(2,3)19/h7-10,19H,11H2,1-6H3. The molecule has 0 spiro atoms. The Balaban J connectivity index is 2.93. The Labute approximate surface area is 116 Å². The Morgan fingerprint density at radius 3 is 2.05 bits per heavy atom. The van der Waals surface area contributed by atoms with E-state index >= 15 is 0 Å². The normalized spacial score (nSPS) is 12.4. The number of hydrogen-bond acceptors (Lipinski definition) is 2. The van der Waals surface area contributed by atoms with Crippen molar-refractivity contribution in [1.29, 1.82) is 0 Å². The maximum atomic E-state index is 12.5. The lowest BCUT2D eigenvalue weighted by atomic mass is 9.82. The van der Waals surface area contributed by atoms with Gasteiger partial charge in [0.1, 0.15) is 0 Å². The van der Waals surface area contributed by atoms with E-state index in [4.69, 9.17) is 0 Å². The number of aliphatic hydroxyl groups is 1. The average Bonchev–Trinajstić information content (AvgIpc) is 2.26. The van der Waals surface area contributed by atoms with E-state index in [1.165, 1.54) is 5.56 Å². The molecule has 0 aliphatic carbocycles. The second-order valence-electron chi connectivity index (χ2n) is 6.46. The molecule has 3 nitrogen and oxygen atoms in total. The van der Waals surface area contributed by atoms with Gasteiger partial charge in [-0.1, -0.05) is 29.8 Å². The molecule has 3 heteroatoms. The van der Waals surface area contributed by atoms with Crippen molar-refractivity contribution in [3.8, 4) is 0 Å². The molecule has 1 aromatic carbocycles. The van der Waals surface area contributed by atoms with Crippen LogP contribution in [0, 0.1) is 6.92 Å². The van der Waals surface area contributed by atoms with Crippen molar-refractivity contribution in [2.24, 2.45) is 0 Å². The van der Waals surface area contributed by atoms with Gasteiger partial charge in [0.15, 0.2) is 0 Å². The Hall–Kier alpha value is -1.35. The molecule has 0 aromatic heterocycles. The number of hydrogen-bond donors (Lipinski definition) is 1. The van der Waals surface area contributed by atoms with Crippen LogP contribution >= 0.6 is 0 Å². The van der Waals surface area contributed by atoms with Crippen molar-refractivity contribution in [3.63, 3.8) is 0 Å². The van der Waals surface area contributed by atoms with E-state index in [2.05, 4.69) is 0 Å². The quantitative estimate of drug-likeness (QED) is 0.906. The maximum absolute atomic E-state index is 12.5. The van der Waals surface area contributed by atoms with Gasteiger partial charge in [-0.15, -0.1) is 0 Å². The highest BCUT2D eigenvalue weighted by atomic mass is 16.3. The van der Waals surface area contributed by atoms with E-state index in [1.54, 1.807) is 25.8 Å². The topological polar surface area (TPSA) is 40.5 Å². The molecule has 0 fully saturated rings. The maximum Gasteiger partial charge on any atom is 0.232 e. The second-order valence-corrected chi connectivity index (χ2v) is 6.46. The lowest BCUT2D eigenvalue weighted by Crippen LogP contribution is -2.46. The molecule has 106 valence electrons. The van der Waals surface area contributed by atoms with Gasteiger partial charge < -0.3 is 10.0 Å². The van der Waals surface area contributed by atoms with Gasteiger partial charge in [0.2, 0.25) is 5.91 Å². The summed E-state index contributed by atoms with van der Waals surface area (Å²) in [6.45, 7) is 9.59. The van der Waals surface area contributed by atoms with Crippen molar-refractivity contribution >= 4 is 5.91 Å². The van der Waals surface area contributed by atoms with Crippen LogP contribution in [0.25, 0.3) is 0 Å². The summed E-state index contributed by atoms with van der Waals surface area (Å²) in [5, 5.41) is 9.82. The van der Waals surface area contributed by atoms with E-state index < -0.39 is 11.0 Å². The van der Waals surface area contributed by atoms with Crippen molar-refractivity contribution in [2.45, 2.75) is 45.6 Å².